The van der Waals surface area contributed by atoms with Crippen molar-refractivity contribution in [1.82, 2.24) is 0 Å². The number of ether oxygens (including phenoxy) is 1. The van der Waals surface area contributed by atoms with Crippen LogP contribution in [0, 0.1) is 0 Å². The molecule has 0 aromatic heterocycles. The predicted molar refractivity (Wildman–Crippen MR) is 112 cm³/mol. The maximum absolute atomic E-state index is 12.8. The minimum Gasteiger partial charge on any atom is -0.495 e. The van der Waals surface area contributed by atoms with Gasteiger partial charge in [0.2, 0.25) is 0 Å². The van der Waals surface area contributed by atoms with E-state index >= 15 is 0 Å². The summed E-state index contributed by atoms with van der Waals surface area (Å²) in [4.78, 5) is 12.9. The molecule has 8 heteroatoms. The Balaban J connectivity index is 1.90. The van der Waals surface area contributed by atoms with E-state index in [9.17, 15) is 13.2 Å². The lowest BCUT2D eigenvalue weighted by Crippen LogP contribution is -2.18. The van der Waals surface area contributed by atoms with E-state index in [0.29, 0.717) is 15.9 Å². The third-order valence-electron chi connectivity index (χ3n) is 3.88. The van der Waals surface area contributed by atoms with Gasteiger partial charge in [-0.15, -0.1) is 0 Å². The van der Waals surface area contributed by atoms with E-state index in [-0.39, 0.29) is 16.1 Å². The van der Waals surface area contributed by atoms with Crippen molar-refractivity contribution in [1.29, 1.82) is 0 Å². The van der Waals surface area contributed by atoms with E-state index < -0.39 is 15.9 Å². The SMILES string of the molecule is COc1ccccc1NC(=O)c1ccccc1NS(=O)(=O)c1cccc(Br)c1. The van der Waals surface area contributed by atoms with Crippen molar-refractivity contribution in [2.45, 2.75) is 4.90 Å². The Kier molecular flexibility index (Phi) is 6.01. The van der Waals surface area contributed by atoms with Crippen LogP contribution in [0.1, 0.15) is 10.4 Å². The first-order valence-corrected chi connectivity index (χ1v) is 10.5. The van der Waals surface area contributed by atoms with Gasteiger partial charge >= 0.3 is 0 Å². The van der Waals surface area contributed by atoms with E-state index in [1.54, 1.807) is 54.6 Å². The highest BCUT2D eigenvalue weighted by Gasteiger charge is 2.19. The quantitative estimate of drug-likeness (QED) is 0.566. The van der Waals surface area contributed by atoms with Crippen LogP contribution in [0.2, 0.25) is 0 Å². The maximum atomic E-state index is 12.8. The second-order valence-electron chi connectivity index (χ2n) is 5.76. The molecule has 3 aromatic carbocycles. The lowest BCUT2D eigenvalue weighted by atomic mass is 10.1. The highest BCUT2D eigenvalue weighted by molar-refractivity contribution is 9.10. The number of carbonyl (C=O) groups is 1. The molecule has 28 heavy (non-hydrogen) atoms. The third-order valence-corrected chi connectivity index (χ3v) is 5.73. The number of amides is 1. The summed E-state index contributed by atoms with van der Waals surface area (Å²) in [5.74, 6) is 0.0417. The fourth-order valence-electron chi connectivity index (χ4n) is 2.55. The van der Waals surface area contributed by atoms with Crippen molar-refractivity contribution in [2.75, 3.05) is 17.1 Å². The Morgan fingerprint density at radius 2 is 1.61 bits per heavy atom. The lowest BCUT2D eigenvalue weighted by molar-refractivity contribution is 0.102. The zero-order valence-electron chi connectivity index (χ0n) is 14.8. The van der Waals surface area contributed by atoms with Crippen LogP contribution < -0.4 is 14.8 Å². The van der Waals surface area contributed by atoms with Crippen LogP contribution >= 0.6 is 15.9 Å². The number of para-hydroxylation sites is 3. The fraction of sp³-hybridized carbons (Fsp3) is 0.0500. The van der Waals surface area contributed by atoms with Crippen LogP contribution in [-0.2, 0) is 10.0 Å². The van der Waals surface area contributed by atoms with Gasteiger partial charge in [0.05, 0.1) is 28.9 Å². The van der Waals surface area contributed by atoms with Crippen molar-refractivity contribution in [3.8, 4) is 5.75 Å². The van der Waals surface area contributed by atoms with E-state index in [0.717, 1.165) is 0 Å². The van der Waals surface area contributed by atoms with Crippen LogP contribution in [0.3, 0.4) is 0 Å². The van der Waals surface area contributed by atoms with E-state index in [4.69, 9.17) is 4.74 Å². The smallest absolute Gasteiger partial charge is 0.261 e. The molecule has 0 fully saturated rings. The Morgan fingerprint density at radius 3 is 2.32 bits per heavy atom. The number of methoxy groups -OCH3 is 1. The standard InChI is InChI=1S/C20H17BrN2O4S/c1-27-19-12-5-4-11-18(19)22-20(24)16-9-2-3-10-17(16)23-28(25,26)15-8-6-7-14(21)13-15/h2-13,23H,1H3,(H,22,24). The summed E-state index contributed by atoms with van der Waals surface area (Å²) in [7, 11) is -2.36. The molecule has 0 unspecified atom stereocenters. The van der Waals surface area contributed by atoms with Crippen LogP contribution in [0.25, 0.3) is 0 Å². The minimum absolute atomic E-state index is 0.0850. The Hall–Kier alpha value is -2.84. The van der Waals surface area contributed by atoms with Crippen molar-refractivity contribution >= 4 is 43.2 Å². The topological polar surface area (TPSA) is 84.5 Å². The van der Waals surface area contributed by atoms with Crippen LogP contribution in [-0.4, -0.2) is 21.4 Å². The third kappa shape index (κ3) is 4.52. The maximum Gasteiger partial charge on any atom is 0.261 e. The molecular formula is C20H17BrN2O4S. The number of sulfonamides is 1. The molecule has 3 aromatic rings. The molecule has 6 nitrogen and oxygen atoms in total. The van der Waals surface area contributed by atoms with E-state index in [2.05, 4.69) is 26.0 Å². The van der Waals surface area contributed by atoms with Gasteiger partial charge in [0, 0.05) is 4.47 Å². The number of anilines is 2. The molecule has 0 saturated heterocycles. The molecular weight excluding hydrogens is 444 g/mol. The van der Waals surface area contributed by atoms with E-state index in [1.807, 2.05) is 0 Å². The highest BCUT2D eigenvalue weighted by Crippen LogP contribution is 2.26. The molecule has 0 saturated carbocycles. The number of benzene rings is 3. The molecule has 2 N–H and O–H groups in total. The number of carbonyl (C=O) groups excluding carboxylic acids is 1. The molecule has 0 aliphatic carbocycles. The van der Waals surface area contributed by atoms with Crippen LogP contribution in [0.5, 0.6) is 5.75 Å². The van der Waals surface area contributed by atoms with Gasteiger partial charge in [-0.25, -0.2) is 8.42 Å². The summed E-state index contributed by atoms with van der Waals surface area (Å²) in [5.41, 5.74) is 0.849. The van der Waals surface area contributed by atoms with E-state index in [1.165, 1.54) is 25.3 Å². The number of hydrogen-bond acceptors (Lipinski definition) is 4. The van der Waals surface area contributed by atoms with Crippen molar-refractivity contribution in [3.05, 3.63) is 82.8 Å². The molecule has 0 aliphatic rings. The normalized spacial score (nSPS) is 10.9. The summed E-state index contributed by atoms with van der Waals surface area (Å²) in [6, 6.07) is 19.7. The molecule has 0 radical (unpaired) electrons. The summed E-state index contributed by atoms with van der Waals surface area (Å²) >= 11 is 3.26. The van der Waals surface area contributed by atoms with Crippen molar-refractivity contribution in [3.63, 3.8) is 0 Å². The Morgan fingerprint density at radius 1 is 0.929 bits per heavy atom. The monoisotopic (exact) mass is 460 g/mol. The zero-order valence-corrected chi connectivity index (χ0v) is 17.2. The minimum atomic E-state index is -3.86. The zero-order chi connectivity index (χ0) is 20.1. The van der Waals surface area contributed by atoms with Crippen molar-refractivity contribution < 1.29 is 17.9 Å². The second kappa shape index (κ2) is 8.45. The molecule has 0 spiro atoms. The summed E-state index contributed by atoms with van der Waals surface area (Å²) in [6.45, 7) is 0. The predicted octanol–water partition coefficient (Wildman–Crippen LogP) is 4.51. The average molecular weight is 461 g/mol. The number of rotatable bonds is 6. The van der Waals surface area contributed by atoms with Gasteiger partial charge in [-0.05, 0) is 42.5 Å². The van der Waals surface area contributed by atoms with Gasteiger partial charge in [0.1, 0.15) is 5.75 Å². The lowest BCUT2D eigenvalue weighted by Gasteiger charge is -2.14. The summed E-state index contributed by atoms with van der Waals surface area (Å²) in [5, 5.41) is 2.75. The van der Waals surface area contributed by atoms with Gasteiger partial charge in [0.25, 0.3) is 15.9 Å². The molecule has 144 valence electrons. The molecule has 3 rings (SSSR count). The first-order valence-electron chi connectivity index (χ1n) is 8.22. The van der Waals surface area contributed by atoms with Gasteiger partial charge < -0.3 is 10.1 Å². The summed E-state index contributed by atoms with van der Waals surface area (Å²) < 4.78 is 33.8. The van der Waals surface area contributed by atoms with Gasteiger partial charge in [0.15, 0.2) is 0 Å². The molecule has 0 atom stereocenters. The molecule has 0 aliphatic heterocycles. The summed E-state index contributed by atoms with van der Waals surface area (Å²) in [6.07, 6.45) is 0. The second-order valence-corrected chi connectivity index (χ2v) is 8.36. The number of hydrogen-bond donors (Lipinski definition) is 2. The molecule has 0 bridgehead atoms. The van der Waals surface area contributed by atoms with Gasteiger partial charge in [-0.2, -0.15) is 0 Å². The first kappa shape index (κ1) is 19.9. The largest absolute Gasteiger partial charge is 0.495 e. The van der Waals surface area contributed by atoms with Crippen LogP contribution in [0.15, 0.2) is 82.2 Å². The van der Waals surface area contributed by atoms with Crippen LogP contribution in [0.4, 0.5) is 11.4 Å². The van der Waals surface area contributed by atoms with Gasteiger partial charge in [-0.3, -0.25) is 9.52 Å². The number of nitrogens with one attached hydrogen (secondary N) is 2. The van der Waals surface area contributed by atoms with Crippen molar-refractivity contribution in [2.24, 2.45) is 0 Å². The molecule has 1 amide bonds. The fourth-order valence-corrected chi connectivity index (χ4v) is 4.22. The first-order chi connectivity index (χ1) is 13.4. The van der Waals surface area contributed by atoms with Gasteiger partial charge in [-0.1, -0.05) is 46.3 Å². The Labute approximate surface area is 171 Å². The Bertz CT molecular complexity index is 1120. The molecule has 0 heterocycles. The highest BCUT2D eigenvalue weighted by atomic mass is 79.9. The number of halogens is 1. The average Bonchev–Trinajstić information content (AvgIpc) is 2.68.